The van der Waals surface area contributed by atoms with E-state index in [9.17, 15) is 9.59 Å². The van der Waals surface area contributed by atoms with Crippen LogP contribution in [0.4, 0.5) is 0 Å². The monoisotopic (exact) mass is 323 g/mol. The summed E-state index contributed by atoms with van der Waals surface area (Å²) in [6.45, 7) is 4.09. The summed E-state index contributed by atoms with van der Waals surface area (Å²) in [6, 6.07) is 6.79. The number of hydrogen-bond acceptors (Lipinski definition) is 3. The first-order valence-electron chi connectivity index (χ1n) is 7.70. The van der Waals surface area contributed by atoms with E-state index in [2.05, 4.69) is 19.2 Å². The molecule has 0 saturated heterocycles. The summed E-state index contributed by atoms with van der Waals surface area (Å²) in [6.07, 6.45) is 3.31. The van der Waals surface area contributed by atoms with Crippen LogP contribution in [-0.2, 0) is 9.53 Å². The van der Waals surface area contributed by atoms with Gasteiger partial charge in [0.25, 0.3) is 5.91 Å². The third-order valence-corrected chi connectivity index (χ3v) is 4.81. The van der Waals surface area contributed by atoms with E-state index in [0.29, 0.717) is 16.9 Å². The number of esters is 1. The van der Waals surface area contributed by atoms with Crippen LogP contribution in [-0.4, -0.2) is 24.5 Å². The lowest BCUT2D eigenvalue weighted by molar-refractivity contribution is -0.125. The Hall–Kier alpha value is -1.55. The molecular weight excluding hydrogens is 302 g/mol. The van der Waals surface area contributed by atoms with E-state index in [1.54, 1.807) is 24.3 Å². The van der Waals surface area contributed by atoms with Crippen molar-refractivity contribution in [2.24, 2.45) is 11.8 Å². The molecule has 1 aliphatic rings. The van der Waals surface area contributed by atoms with Crippen LogP contribution >= 0.6 is 11.6 Å². The van der Waals surface area contributed by atoms with E-state index in [0.717, 1.165) is 12.8 Å². The number of hydrogen-bond donors (Lipinski definition) is 1. The van der Waals surface area contributed by atoms with Crippen LogP contribution in [0.5, 0.6) is 0 Å². The SMILES string of the molecule is C[C@H]1[C@@H](NC(=O)COC(=O)c2ccccc2Cl)CCC[C@@H]1C. The maximum absolute atomic E-state index is 12.0. The number of ether oxygens (including phenoxy) is 1. The highest BCUT2D eigenvalue weighted by molar-refractivity contribution is 6.33. The van der Waals surface area contributed by atoms with E-state index in [1.807, 2.05) is 0 Å². The molecule has 0 radical (unpaired) electrons. The first-order chi connectivity index (χ1) is 10.5. The van der Waals surface area contributed by atoms with Crippen LogP contribution in [0, 0.1) is 11.8 Å². The van der Waals surface area contributed by atoms with Gasteiger partial charge >= 0.3 is 5.97 Å². The predicted molar refractivity (Wildman–Crippen MR) is 85.8 cm³/mol. The van der Waals surface area contributed by atoms with Gasteiger partial charge in [-0.1, -0.05) is 50.4 Å². The first-order valence-corrected chi connectivity index (χ1v) is 8.08. The maximum Gasteiger partial charge on any atom is 0.340 e. The van der Waals surface area contributed by atoms with Crippen molar-refractivity contribution in [3.05, 3.63) is 34.9 Å². The van der Waals surface area contributed by atoms with Gasteiger partial charge in [-0.15, -0.1) is 0 Å². The fraction of sp³-hybridized carbons (Fsp3) is 0.529. The van der Waals surface area contributed by atoms with Gasteiger partial charge < -0.3 is 10.1 Å². The highest BCUT2D eigenvalue weighted by Gasteiger charge is 2.28. The predicted octanol–water partition coefficient (Wildman–Crippen LogP) is 3.44. The Balaban J connectivity index is 1.83. The number of carbonyl (C=O) groups is 2. The van der Waals surface area contributed by atoms with Crippen molar-refractivity contribution < 1.29 is 14.3 Å². The Bertz CT molecular complexity index is 546. The van der Waals surface area contributed by atoms with Gasteiger partial charge in [0.2, 0.25) is 0 Å². The van der Waals surface area contributed by atoms with Crippen LogP contribution < -0.4 is 5.32 Å². The summed E-state index contributed by atoms with van der Waals surface area (Å²) in [5, 5.41) is 3.29. The molecule has 22 heavy (non-hydrogen) atoms. The number of amides is 1. The number of carbonyl (C=O) groups excluding carboxylic acids is 2. The van der Waals surface area contributed by atoms with Crippen LogP contribution in [0.2, 0.25) is 5.02 Å². The number of halogens is 1. The second-order valence-electron chi connectivity index (χ2n) is 6.00. The smallest absolute Gasteiger partial charge is 0.340 e. The molecule has 0 aliphatic heterocycles. The topological polar surface area (TPSA) is 55.4 Å². The molecule has 0 heterocycles. The van der Waals surface area contributed by atoms with Crippen LogP contribution in [0.1, 0.15) is 43.5 Å². The van der Waals surface area contributed by atoms with Gasteiger partial charge in [0.15, 0.2) is 6.61 Å². The molecule has 0 bridgehead atoms. The van der Waals surface area contributed by atoms with Crippen LogP contribution in [0.25, 0.3) is 0 Å². The second-order valence-corrected chi connectivity index (χ2v) is 6.40. The van der Waals surface area contributed by atoms with Crippen molar-refractivity contribution in [3.63, 3.8) is 0 Å². The largest absolute Gasteiger partial charge is 0.452 e. The zero-order chi connectivity index (χ0) is 16.1. The second kappa shape index (κ2) is 7.63. The molecular formula is C17H22ClNO3. The first kappa shape index (κ1) is 16.8. The lowest BCUT2D eigenvalue weighted by Gasteiger charge is -2.34. The van der Waals surface area contributed by atoms with Crippen LogP contribution in [0.3, 0.4) is 0 Å². The van der Waals surface area contributed by atoms with Crippen LogP contribution in [0.15, 0.2) is 24.3 Å². The molecule has 1 amide bonds. The molecule has 3 atom stereocenters. The molecule has 1 fully saturated rings. The molecule has 1 aliphatic carbocycles. The third-order valence-electron chi connectivity index (χ3n) is 4.48. The number of benzene rings is 1. The zero-order valence-electron chi connectivity index (χ0n) is 13.0. The van der Waals surface area contributed by atoms with Gasteiger partial charge in [0.05, 0.1) is 10.6 Å². The van der Waals surface area contributed by atoms with E-state index in [-0.39, 0.29) is 24.1 Å². The van der Waals surface area contributed by atoms with Gasteiger partial charge in [-0.2, -0.15) is 0 Å². The van der Waals surface area contributed by atoms with E-state index < -0.39 is 5.97 Å². The van der Waals surface area contributed by atoms with Crippen molar-refractivity contribution in [3.8, 4) is 0 Å². The molecule has 5 heteroatoms. The normalized spacial score (nSPS) is 24.6. The lowest BCUT2D eigenvalue weighted by Crippen LogP contribution is -2.45. The molecule has 120 valence electrons. The molecule has 1 saturated carbocycles. The summed E-state index contributed by atoms with van der Waals surface area (Å²) in [5.74, 6) is 0.207. The molecule has 0 aromatic heterocycles. The Labute approximate surface area is 136 Å². The molecule has 1 aromatic rings. The standard InChI is InChI=1S/C17H22ClNO3/c1-11-6-5-9-15(12(11)2)19-16(20)10-22-17(21)13-7-3-4-8-14(13)18/h3-4,7-8,11-12,15H,5-6,9-10H2,1-2H3,(H,19,20)/t11-,12+,15-/m0/s1. The van der Waals surface area contributed by atoms with Crippen molar-refractivity contribution in [1.82, 2.24) is 5.32 Å². The van der Waals surface area contributed by atoms with Crippen molar-refractivity contribution in [2.75, 3.05) is 6.61 Å². The van der Waals surface area contributed by atoms with E-state index in [4.69, 9.17) is 16.3 Å². The average Bonchev–Trinajstić information content (AvgIpc) is 2.50. The maximum atomic E-state index is 12.0. The average molecular weight is 324 g/mol. The van der Waals surface area contributed by atoms with E-state index in [1.165, 1.54) is 6.42 Å². The zero-order valence-corrected chi connectivity index (χ0v) is 13.7. The minimum Gasteiger partial charge on any atom is -0.452 e. The van der Waals surface area contributed by atoms with Crippen molar-refractivity contribution >= 4 is 23.5 Å². The minimum absolute atomic E-state index is 0.162. The molecule has 1 aromatic carbocycles. The van der Waals surface area contributed by atoms with Gasteiger partial charge in [0.1, 0.15) is 0 Å². The van der Waals surface area contributed by atoms with Gasteiger partial charge in [-0.05, 0) is 30.4 Å². The summed E-state index contributed by atoms with van der Waals surface area (Å²) in [4.78, 5) is 23.9. The quantitative estimate of drug-likeness (QED) is 0.864. The summed E-state index contributed by atoms with van der Waals surface area (Å²) >= 11 is 5.92. The molecule has 2 rings (SSSR count). The highest BCUT2D eigenvalue weighted by Crippen LogP contribution is 2.29. The number of rotatable bonds is 4. The Morgan fingerprint density at radius 3 is 2.73 bits per heavy atom. The number of nitrogens with one attached hydrogen (secondary N) is 1. The Morgan fingerprint density at radius 1 is 1.27 bits per heavy atom. The summed E-state index contributed by atoms with van der Waals surface area (Å²) in [7, 11) is 0. The summed E-state index contributed by atoms with van der Waals surface area (Å²) < 4.78 is 5.04. The van der Waals surface area contributed by atoms with E-state index >= 15 is 0 Å². The third kappa shape index (κ3) is 4.23. The molecule has 0 spiro atoms. The van der Waals surface area contributed by atoms with Gasteiger partial charge in [-0.3, -0.25) is 4.79 Å². The highest BCUT2D eigenvalue weighted by atomic mass is 35.5. The Kier molecular flexibility index (Phi) is 5.83. The van der Waals surface area contributed by atoms with Crippen molar-refractivity contribution in [1.29, 1.82) is 0 Å². The molecule has 0 unspecified atom stereocenters. The minimum atomic E-state index is -0.578. The lowest BCUT2D eigenvalue weighted by atomic mass is 9.78. The molecule has 4 nitrogen and oxygen atoms in total. The summed E-state index contributed by atoms with van der Waals surface area (Å²) in [5.41, 5.74) is 0.275. The fourth-order valence-electron chi connectivity index (χ4n) is 2.87. The van der Waals surface area contributed by atoms with Crippen molar-refractivity contribution in [2.45, 2.75) is 39.2 Å². The van der Waals surface area contributed by atoms with Gasteiger partial charge in [0, 0.05) is 6.04 Å². The Morgan fingerprint density at radius 2 is 2.00 bits per heavy atom. The van der Waals surface area contributed by atoms with Gasteiger partial charge in [-0.25, -0.2) is 4.79 Å². The molecule has 1 N–H and O–H groups in total. The fourth-order valence-corrected chi connectivity index (χ4v) is 3.08.